The monoisotopic (exact) mass is 301 g/mol. The molecular formula is C15H19N5O2. The highest BCUT2D eigenvalue weighted by molar-refractivity contribution is 5.92. The summed E-state index contributed by atoms with van der Waals surface area (Å²) < 4.78 is 5.17. The van der Waals surface area contributed by atoms with E-state index in [0.29, 0.717) is 18.1 Å². The second kappa shape index (κ2) is 6.13. The van der Waals surface area contributed by atoms with Crippen LogP contribution in [-0.4, -0.2) is 39.5 Å². The standard InChI is InChI=1S/C15H19N5O2/c1-3-10-7-13(22-19-10)15(21)20-6-4-5-12(20)11-8-17-9-14(16-2)18-11/h7-9,12H,3-6H2,1-2H3,(H,16,18)/t12-/m1/s1. The van der Waals surface area contributed by atoms with Gasteiger partial charge >= 0.3 is 0 Å². The van der Waals surface area contributed by atoms with Crippen LogP contribution < -0.4 is 5.32 Å². The Morgan fingerprint density at radius 3 is 3.09 bits per heavy atom. The number of amides is 1. The van der Waals surface area contributed by atoms with Gasteiger partial charge in [0.15, 0.2) is 0 Å². The largest absolute Gasteiger partial charge is 0.372 e. The molecule has 1 amide bonds. The molecule has 3 rings (SSSR count). The molecule has 22 heavy (non-hydrogen) atoms. The predicted molar refractivity (Wildman–Crippen MR) is 80.5 cm³/mol. The molecule has 116 valence electrons. The molecule has 0 radical (unpaired) electrons. The Hall–Kier alpha value is -2.44. The van der Waals surface area contributed by atoms with E-state index in [1.165, 1.54) is 0 Å². The van der Waals surface area contributed by atoms with Crippen molar-refractivity contribution in [1.82, 2.24) is 20.0 Å². The molecule has 0 unspecified atom stereocenters. The van der Waals surface area contributed by atoms with E-state index < -0.39 is 0 Å². The van der Waals surface area contributed by atoms with Gasteiger partial charge in [-0.1, -0.05) is 12.1 Å². The van der Waals surface area contributed by atoms with Crippen molar-refractivity contribution in [1.29, 1.82) is 0 Å². The quantitative estimate of drug-likeness (QED) is 0.930. The van der Waals surface area contributed by atoms with E-state index >= 15 is 0 Å². The first-order chi connectivity index (χ1) is 10.7. The second-order valence-corrected chi connectivity index (χ2v) is 5.27. The molecule has 7 heteroatoms. The summed E-state index contributed by atoms with van der Waals surface area (Å²) in [4.78, 5) is 23.1. The number of hydrogen-bond donors (Lipinski definition) is 1. The molecule has 1 aliphatic heterocycles. The van der Waals surface area contributed by atoms with E-state index in [1.54, 1.807) is 30.4 Å². The van der Waals surface area contributed by atoms with Crippen molar-refractivity contribution in [3.8, 4) is 0 Å². The number of anilines is 1. The van der Waals surface area contributed by atoms with Crippen molar-refractivity contribution in [2.45, 2.75) is 32.2 Å². The van der Waals surface area contributed by atoms with Gasteiger partial charge in [-0.25, -0.2) is 4.98 Å². The Morgan fingerprint density at radius 1 is 1.50 bits per heavy atom. The van der Waals surface area contributed by atoms with Gasteiger partial charge < -0.3 is 14.7 Å². The van der Waals surface area contributed by atoms with E-state index in [2.05, 4.69) is 20.4 Å². The van der Waals surface area contributed by atoms with Gasteiger partial charge in [0.1, 0.15) is 5.82 Å². The maximum absolute atomic E-state index is 12.6. The predicted octanol–water partition coefficient (Wildman–Crippen LogP) is 2.05. The van der Waals surface area contributed by atoms with E-state index in [-0.39, 0.29) is 11.9 Å². The minimum atomic E-state index is -0.133. The minimum absolute atomic E-state index is 0.0662. The van der Waals surface area contributed by atoms with E-state index in [4.69, 9.17) is 4.52 Å². The maximum atomic E-state index is 12.6. The Labute approximate surface area is 128 Å². The van der Waals surface area contributed by atoms with Crippen LogP contribution >= 0.6 is 0 Å². The Morgan fingerprint density at radius 2 is 2.36 bits per heavy atom. The highest BCUT2D eigenvalue weighted by Crippen LogP contribution is 2.32. The molecule has 3 heterocycles. The first kappa shape index (κ1) is 14.5. The summed E-state index contributed by atoms with van der Waals surface area (Å²) in [5.74, 6) is 0.859. The number of nitrogens with one attached hydrogen (secondary N) is 1. The molecule has 1 aliphatic rings. The molecule has 7 nitrogen and oxygen atoms in total. The normalized spacial score (nSPS) is 17.7. The van der Waals surface area contributed by atoms with Crippen LogP contribution in [-0.2, 0) is 6.42 Å². The van der Waals surface area contributed by atoms with Crippen LogP contribution in [0.3, 0.4) is 0 Å². The third kappa shape index (κ3) is 2.66. The molecule has 0 bridgehead atoms. The molecule has 1 N–H and O–H groups in total. The fraction of sp³-hybridized carbons (Fsp3) is 0.467. The van der Waals surface area contributed by atoms with Gasteiger partial charge in [0, 0.05) is 19.7 Å². The molecule has 2 aromatic rings. The van der Waals surface area contributed by atoms with E-state index in [1.807, 2.05) is 6.92 Å². The number of nitrogens with zero attached hydrogens (tertiary/aromatic N) is 4. The molecule has 2 aromatic heterocycles. The van der Waals surface area contributed by atoms with Crippen LogP contribution in [0.4, 0.5) is 5.82 Å². The zero-order valence-electron chi connectivity index (χ0n) is 12.7. The molecule has 0 spiro atoms. The molecule has 0 aliphatic carbocycles. The average Bonchev–Trinajstić information content (AvgIpc) is 3.23. The molecule has 1 atom stereocenters. The number of aromatic nitrogens is 3. The Kier molecular flexibility index (Phi) is 4.04. The van der Waals surface area contributed by atoms with Crippen LogP contribution in [0, 0.1) is 0 Å². The van der Waals surface area contributed by atoms with Gasteiger partial charge in [-0.2, -0.15) is 0 Å². The van der Waals surface area contributed by atoms with Gasteiger partial charge in [-0.15, -0.1) is 0 Å². The highest BCUT2D eigenvalue weighted by Gasteiger charge is 2.33. The molecule has 1 saturated heterocycles. The number of carbonyl (C=O) groups excluding carboxylic acids is 1. The van der Waals surface area contributed by atoms with E-state index in [0.717, 1.165) is 30.7 Å². The zero-order chi connectivity index (χ0) is 15.5. The van der Waals surface area contributed by atoms with Crippen molar-refractivity contribution < 1.29 is 9.32 Å². The van der Waals surface area contributed by atoms with Gasteiger partial charge in [0.25, 0.3) is 5.91 Å². The number of hydrogen-bond acceptors (Lipinski definition) is 6. The molecule has 0 aromatic carbocycles. The number of likely N-dealkylation sites (tertiary alicyclic amines) is 1. The zero-order valence-corrected chi connectivity index (χ0v) is 12.7. The Bertz CT molecular complexity index is 669. The molecular weight excluding hydrogens is 282 g/mol. The lowest BCUT2D eigenvalue weighted by Crippen LogP contribution is -2.30. The number of aryl methyl sites for hydroxylation is 1. The van der Waals surface area contributed by atoms with Gasteiger partial charge in [-0.05, 0) is 19.3 Å². The first-order valence-corrected chi connectivity index (χ1v) is 7.49. The van der Waals surface area contributed by atoms with Gasteiger partial charge in [0.05, 0.1) is 29.8 Å². The lowest BCUT2D eigenvalue weighted by Gasteiger charge is -2.23. The molecule has 0 saturated carbocycles. The van der Waals surface area contributed by atoms with Crippen LogP contribution in [0.25, 0.3) is 0 Å². The maximum Gasteiger partial charge on any atom is 0.293 e. The van der Waals surface area contributed by atoms with Crippen molar-refractivity contribution >= 4 is 11.7 Å². The fourth-order valence-electron chi connectivity index (χ4n) is 2.70. The third-order valence-electron chi connectivity index (χ3n) is 3.90. The summed E-state index contributed by atoms with van der Waals surface area (Å²) in [5, 5.41) is 6.86. The topological polar surface area (TPSA) is 84.2 Å². The second-order valence-electron chi connectivity index (χ2n) is 5.27. The lowest BCUT2D eigenvalue weighted by molar-refractivity contribution is 0.0690. The van der Waals surface area contributed by atoms with E-state index in [9.17, 15) is 4.79 Å². The van der Waals surface area contributed by atoms with Crippen molar-refractivity contribution in [3.05, 3.63) is 35.6 Å². The summed E-state index contributed by atoms with van der Waals surface area (Å²) in [6, 6.07) is 1.65. The highest BCUT2D eigenvalue weighted by atomic mass is 16.5. The average molecular weight is 301 g/mol. The van der Waals surface area contributed by atoms with Crippen LogP contribution in [0.5, 0.6) is 0 Å². The van der Waals surface area contributed by atoms with Crippen LogP contribution in [0.15, 0.2) is 23.0 Å². The van der Waals surface area contributed by atoms with Gasteiger partial charge in [-0.3, -0.25) is 9.78 Å². The smallest absolute Gasteiger partial charge is 0.293 e. The summed E-state index contributed by atoms with van der Waals surface area (Å²) in [6.45, 7) is 2.67. The van der Waals surface area contributed by atoms with Crippen molar-refractivity contribution in [2.75, 3.05) is 18.9 Å². The number of carbonyl (C=O) groups is 1. The fourth-order valence-corrected chi connectivity index (χ4v) is 2.70. The molecule has 1 fully saturated rings. The third-order valence-corrected chi connectivity index (χ3v) is 3.90. The summed E-state index contributed by atoms with van der Waals surface area (Å²) in [6.07, 6.45) is 5.94. The Balaban J connectivity index is 1.84. The van der Waals surface area contributed by atoms with Crippen molar-refractivity contribution in [2.24, 2.45) is 0 Å². The lowest BCUT2D eigenvalue weighted by atomic mass is 10.1. The van der Waals surface area contributed by atoms with Crippen LogP contribution in [0.2, 0.25) is 0 Å². The number of rotatable bonds is 4. The van der Waals surface area contributed by atoms with Gasteiger partial charge in [0.2, 0.25) is 5.76 Å². The van der Waals surface area contributed by atoms with Crippen molar-refractivity contribution in [3.63, 3.8) is 0 Å². The van der Waals surface area contributed by atoms with Crippen LogP contribution in [0.1, 0.15) is 47.7 Å². The first-order valence-electron chi connectivity index (χ1n) is 7.49. The minimum Gasteiger partial charge on any atom is -0.372 e. The summed E-state index contributed by atoms with van der Waals surface area (Å²) in [5.41, 5.74) is 1.59. The summed E-state index contributed by atoms with van der Waals surface area (Å²) >= 11 is 0. The summed E-state index contributed by atoms with van der Waals surface area (Å²) in [7, 11) is 1.80. The SMILES string of the molecule is CCc1cc(C(=O)N2CCC[C@@H]2c2cncc(NC)n2)on1.